The largest absolute Gasteiger partial charge is 0.310 e. The third-order valence-corrected chi connectivity index (χ3v) is 18.8. The van der Waals surface area contributed by atoms with Crippen molar-refractivity contribution in [2.75, 3.05) is 9.80 Å². The molecule has 13 aromatic carbocycles. The van der Waals surface area contributed by atoms with Crippen LogP contribution in [0, 0.1) is 0 Å². The molecule has 0 bridgehead atoms. The van der Waals surface area contributed by atoms with Crippen LogP contribution in [-0.2, 0) is 10.8 Å². The van der Waals surface area contributed by atoms with E-state index < -0.39 is 0 Å². The second kappa shape index (κ2) is 20.5. The first-order chi connectivity index (χ1) is 42.6. The zero-order valence-corrected chi connectivity index (χ0v) is 49.3. The standard InChI is InChI=1S/C84H63N3/c1-83(2)77-29-17-14-26-71(77)73-47-45-67(54-79(73)83)85(64-39-32-59(33-40-64)56-20-8-5-9-21-56)69-50-63(62-38-49-82-76(52-62)75-28-16-19-31-81(75)87(82)66-43-36-61(37-44-66)58-24-12-7-13-25-58)51-70(53-69)86(65-41-34-60(35-42-65)57-22-10-6-11-23-57)68-46-48-74-72-27-15-18-30-78(72)84(3,4)80(74)55-68/h5-55H,1-4H3. The van der Waals surface area contributed by atoms with Crippen molar-refractivity contribution in [3.8, 4) is 72.4 Å². The third kappa shape index (κ3) is 8.72. The molecule has 0 unspecified atom stereocenters. The van der Waals surface area contributed by atoms with Gasteiger partial charge in [0.2, 0.25) is 0 Å². The van der Waals surface area contributed by atoms with Crippen LogP contribution in [0.15, 0.2) is 309 Å². The van der Waals surface area contributed by atoms with Crippen molar-refractivity contribution in [2.45, 2.75) is 38.5 Å². The summed E-state index contributed by atoms with van der Waals surface area (Å²) in [5.41, 5.74) is 29.4. The van der Waals surface area contributed by atoms with Gasteiger partial charge in [0.15, 0.2) is 0 Å². The molecule has 0 fully saturated rings. The molecule has 0 aliphatic heterocycles. The maximum atomic E-state index is 2.49. The van der Waals surface area contributed by atoms with Gasteiger partial charge in [-0.05, 0) is 186 Å². The summed E-state index contributed by atoms with van der Waals surface area (Å²) in [6.07, 6.45) is 0. The number of benzene rings is 13. The zero-order valence-electron chi connectivity index (χ0n) is 49.3. The number of nitrogens with zero attached hydrogens (tertiary/aromatic N) is 3. The SMILES string of the molecule is CC1(C)c2ccccc2-c2ccc(N(c3ccc(-c4ccccc4)cc3)c3cc(-c4ccc5c(c4)c4ccccc4n5-c4ccc(-c5ccccc5)cc4)cc(N(c4ccc(-c5ccccc5)cc4)c4ccc5c(c4)C(C)(C)c4ccccc4-5)c3)cc21. The maximum absolute atomic E-state index is 2.49. The van der Waals surface area contributed by atoms with Gasteiger partial charge in [-0.3, -0.25) is 0 Å². The second-order valence-corrected chi connectivity index (χ2v) is 24.5. The molecule has 1 aromatic heterocycles. The van der Waals surface area contributed by atoms with Crippen molar-refractivity contribution in [1.29, 1.82) is 0 Å². The fraction of sp³-hybridized carbons (Fsp3) is 0.0714. The Kier molecular flexibility index (Phi) is 12.2. The Bertz CT molecular complexity index is 4730. The van der Waals surface area contributed by atoms with Crippen LogP contribution in [0.5, 0.6) is 0 Å². The minimum absolute atomic E-state index is 0.208. The Morgan fingerprint density at radius 1 is 0.230 bits per heavy atom. The number of hydrogen-bond donors (Lipinski definition) is 0. The van der Waals surface area contributed by atoms with Crippen LogP contribution in [0.1, 0.15) is 49.9 Å². The molecule has 0 saturated carbocycles. The molecular formula is C84H63N3. The molecule has 414 valence electrons. The number of rotatable bonds is 11. The van der Waals surface area contributed by atoms with Gasteiger partial charge in [-0.15, -0.1) is 0 Å². The van der Waals surface area contributed by atoms with E-state index in [1.165, 1.54) is 94.2 Å². The van der Waals surface area contributed by atoms with Crippen LogP contribution < -0.4 is 9.80 Å². The summed E-state index contributed by atoms with van der Waals surface area (Å²) in [5.74, 6) is 0. The highest BCUT2D eigenvalue weighted by Crippen LogP contribution is 2.54. The summed E-state index contributed by atoms with van der Waals surface area (Å²) in [4.78, 5) is 4.98. The van der Waals surface area contributed by atoms with Crippen molar-refractivity contribution in [3.05, 3.63) is 332 Å². The first kappa shape index (κ1) is 51.9. The Morgan fingerprint density at radius 2 is 0.598 bits per heavy atom. The van der Waals surface area contributed by atoms with E-state index in [1.807, 2.05) is 0 Å². The first-order valence-electron chi connectivity index (χ1n) is 30.4. The summed E-state index contributed by atoms with van der Waals surface area (Å²) in [5, 5.41) is 2.41. The normalized spacial score (nSPS) is 13.2. The predicted molar refractivity (Wildman–Crippen MR) is 367 cm³/mol. The minimum Gasteiger partial charge on any atom is -0.310 e. The second-order valence-electron chi connectivity index (χ2n) is 24.5. The van der Waals surface area contributed by atoms with E-state index in [-0.39, 0.29) is 10.8 Å². The lowest BCUT2D eigenvalue weighted by atomic mass is 9.82. The van der Waals surface area contributed by atoms with E-state index in [4.69, 9.17) is 0 Å². The first-order valence-corrected chi connectivity index (χ1v) is 30.4. The lowest BCUT2D eigenvalue weighted by molar-refractivity contribution is 0.660. The fourth-order valence-electron chi connectivity index (χ4n) is 14.3. The predicted octanol–water partition coefficient (Wildman–Crippen LogP) is 23.0. The van der Waals surface area contributed by atoms with Crippen molar-refractivity contribution in [3.63, 3.8) is 0 Å². The van der Waals surface area contributed by atoms with Gasteiger partial charge < -0.3 is 14.4 Å². The number of aromatic nitrogens is 1. The zero-order chi connectivity index (χ0) is 58.4. The van der Waals surface area contributed by atoms with Gasteiger partial charge in [0.25, 0.3) is 0 Å². The molecule has 14 aromatic rings. The van der Waals surface area contributed by atoms with E-state index in [0.717, 1.165) is 56.5 Å². The van der Waals surface area contributed by atoms with Gasteiger partial charge in [-0.2, -0.15) is 0 Å². The lowest BCUT2D eigenvalue weighted by Gasteiger charge is -2.32. The van der Waals surface area contributed by atoms with Gasteiger partial charge in [0.1, 0.15) is 0 Å². The highest BCUT2D eigenvalue weighted by atomic mass is 15.2. The van der Waals surface area contributed by atoms with E-state index >= 15 is 0 Å². The molecule has 0 spiro atoms. The van der Waals surface area contributed by atoms with Crippen molar-refractivity contribution >= 4 is 55.9 Å². The van der Waals surface area contributed by atoms with Crippen LogP contribution in [0.25, 0.3) is 94.3 Å². The van der Waals surface area contributed by atoms with Crippen LogP contribution in [0.2, 0.25) is 0 Å². The van der Waals surface area contributed by atoms with E-state index in [1.54, 1.807) is 0 Å². The van der Waals surface area contributed by atoms with Crippen LogP contribution in [-0.4, -0.2) is 4.57 Å². The molecule has 0 N–H and O–H groups in total. The molecule has 16 rings (SSSR count). The van der Waals surface area contributed by atoms with E-state index in [2.05, 4.69) is 351 Å². The molecule has 3 heteroatoms. The molecule has 0 amide bonds. The molecule has 2 aliphatic rings. The molecule has 0 radical (unpaired) electrons. The topological polar surface area (TPSA) is 11.4 Å². The summed E-state index contributed by atoms with van der Waals surface area (Å²) in [6.45, 7) is 9.51. The third-order valence-electron chi connectivity index (χ3n) is 18.8. The number of para-hydroxylation sites is 1. The highest BCUT2D eigenvalue weighted by Gasteiger charge is 2.37. The Morgan fingerprint density at radius 3 is 1.08 bits per heavy atom. The quantitative estimate of drug-likeness (QED) is 0.128. The number of anilines is 6. The van der Waals surface area contributed by atoms with Crippen LogP contribution in [0.4, 0.5) is 34.1 Å². The summed E-state index contributed by atoms with van der Waals surface area (Å²) in [6, 6.07) is 115. The van der Waals surface area contributed by atoms with Crippen LogP contribution in [0.3, 0.4) is 0 Å². The van der Waals surface area contributed by atoms with Crippen LogP contribution >= 0.6 is 0 Å². The summed E-state index contributed by atoms with van der Waals surface area (Å²) >= 11 is 0. The Labute approximate surface area is 510 Å². The molecule has 1 heterocycles. The minimum atomic E-state index is -0.208. The number of hydrogen-bond acceptors (Lipinski definition) is 2. The van der Waals surface area contributed by atoms with Gasteiger partial charge in [0, 0.05) is 61.4 Å². The van der Waals surface area contributed by atoms with E-state index in [0.29, 0.717) is 0 Å². The summed E-state index contributed by atoms with van der Waals surface area (Å²) in [7, 11) is 0. The van der Waals surface area contributed by atoms with Crippen molar-refractivity contribution < 1.29 is 0 Å². The molecule has 87 heavy (non-hydrogen) atoms. The fourth-order valence-corrected chi connectivity index (χ4v) is 14.3. The number of fused-ring (bicyclic) bond motifs is 9. The Balaban J connectivity index is 0.934. The Hall–Kier alpha value is -10.7. The maximum Gasteiger partial charge on any atom is 0.0541 e. The molecule has 3 nitrogen and oxygen atoms in total. The van der Waals surface area contributed by atoms with Gasteiger partial charge in [-0.1, -0.05) is 240 Å². The smallest absolute Gasteiger partial charge is 0.0541 e. The van der Waals surface area contributed by atoms with Gasteiger partial charge >= 0.3 is 0 Å². The molecule has 0 atom stereocenters. The van der Waals surface area contributed by atoms with E-state index in [9.17, 15) is 0 Å². The molecule has 0 saturated heterocycles. The monoisotopic (exact) mass is 1110 g/mol. The summed E-state index contributed by atoms with van der Waals surface area (Å²) < 4.78 is 2.42. The average molecular weight is 1110 g/mol. The van der Waals surface area contributed by atoms with Gasteiger partial charge in [0.05, 0.1) is 11.0 Å². The van der Waals surface area contributed by atoms with Crippen molar-refractivity contribution in [2.24, 2.45) is 0 Å². The lowest BCUT2D eigenvalue weighted by Crippen LogP contribution is -2.17. The van der Waals surface area contributed by atoms with Gasteiger partial charge in [-0.25, -0.2) is 0 Å². The molecular weight excluding hydrogens is 1050 g/mol. The molecule has 2 aliphatic carbocycles. The highest BCUT2D eigenvalue weighted by molar-refractivity contribution is 6.11. The van der Waals surface area contributed by atoms with Crippen molar-refractivity contribution in [1.82, 2.24) is 4.57 Å². The average Bonchev–Trinajstić information content (AvgIpc) is 1.76.